The summed E-state index contributed by atoms with van der Waals surface area (Å²) in [5.74, 6) is -0.384. The van der Waals surface area contributed by atoms with Gasteiger partial charge in [-0.3, -0.25) is 5.43 Å². The molecule has 2 aromatic rings. The molecule has 0 spiro atoms. The van der Waals surface area contributed by atoms with Crippen LogP contribution < -0.4 is 10.7 Å². The second-order valence-corrected chi connectivity index (χ2v) is 10.5. The summed E-state index contributed by atoms with van der Waals surface area (Å²) in [4.78, 5) is 24.5. The molecule has 0 radical (unpaired) electrons. The number of amides is 1. The third-order valence-corrected chi connectivity index (χ3v) is 5.69. The molecule has 2 rings (SSSR count). The average molecular weight is 480 g/mol. The number of para-hydroxylation sites is 1. The lowest BCUT2D eigenvalue weighted by Crippen LogP contribution is -2.47. The minimum absolute atomic E-state index is 0.00194. The summed E-state index contributed by atoms with van der Waals surface area (Å²) in [6, 6.07) is 9.44. The molecule has 1 atom stereocenters. The van der Waals surface area contributed by atoms with Gasteiger partial charge in [-0.2, -0.15) is 0 Å². The Kier molecular flexibility index (Phi) is 8.43. The van der Waals surface area contributed by atoms with E-state index in [9.17, 15) is 22.4 Å². The molecule has 2 N–H and O–H groups in total. The van der Waals surface area contributed by atoms with Gasteiger partial charge in [-0.1, -0.05) is 25.1 Å². The van der Waals surface area contributed by atoms with Crippen LogP contribution in [-0.4, -0.2) is 43.7 Å². The first kappa shape index (κ1) is 26.1. The zero-order valence-electron chi connectivity index (χ0n) is 19.4. The Morgan fingerprint density at radius 1 is 1.18 bits per heavy atom. The summed E-state index contributed by atoms with van der Waals surface area (Å²) >= 11 is 0. The molecule has 180 valence electrons. The number of nitrogens with zero attached hydrogens (tertiary/aromatic N) is 1. The van der Waals surface area contributed by atoms with E-state index in [0.29, 0.717) is 18.3 Å². The highest BCUT2D eigenvalue weighted by Gasteiger charge is 2.29. The van der Waals surface area contributed by atoms with Crippen molar-refractivity contribution in [3.05, 3.63) is 53.8 Å². The van der Waals surface area contributed by atoms with Gasteiger partial charge in [0.25, 0.3) is 0 Å². The quantitative estimate of drug-likeness (QED) is 0.406. The van der Waals surface area contributed by atoms with Crippen LogP contribution in [0.25, 0.3) is 0 Å². The van der Waals surface area contributed by atoms with E-state index in [2.05, 4.69) is 10.7 Å². The van der Waals surface area contributed by atoms with Crippen LogP contribution in [0.4, 0.5) is 20.6 Å². The lowest BCUT2D eigenvalue weighted by molar-refractivity contribution is -0.112. The summed E-state index contributed by atoms with van der Waals surface area (Å²) in [7, 11) is -3.65. The number of hydrogen-bond acceptors (Lipinski definition) is 7. The number of anilines is 2. The second kappa shape index (κ2) is 10.7. The van der Waals surface area contributed by atoms with Crippen LogP contribution in [0.15, 0.2) is 47.4 Å². The molecule has 33 heavy (non-hydrogen) atoms. The zero-order valence-corrected chi connectivity index (χ0v) is 20.2. The number of rotatable bonds is 9. The number of nitrogens with one attached hydrogen (secondary N) is 2. The molecule has 2 aromatic carbocycles. The molecule has 0 saturated heterocycles. The molecule has 0 unspecified atom stereocenters. The Bertz CT molecular complexity index is 1080. The van der Waals surface area contributed by atoms with E-state index in [1.807, 2.05) is 0 Å². The first-order valence-electron chi connectivity index (χ1n) is 10.4. The fourth-order valence-corrected chi connectivity index (χ4v) is 3.83. The number of carbonyl (C=O) groups is 2. The molecular weight excluding hydrogens is 449 g/mol. The Balaban J connectivity index is 2.48. The molecule has 0 aromatic heterocycles. The largest absolute Gasteiger partial charge is 0.442 e. The highest BCUT2D eigenvalue weighted by Crippen LogP contribution is 2.31. The number of hydrazine groups is 1. The van der Waals surface area contributed by atoms with Gasteiger partial charge in [-0.15, -0.1) is 0 Å². The Labute approximate surface area is 194 Å². The van der Waals surface area contributed by atoms with E-state index in [1.54, 1.807) is 45.9 Å². The summed E-state index contributed by atoms with van der Waals surface area (Å²) in [5.41, 5.74) is 3.24. The van der Waals surface area contributed by atoms with Crippen molar-refractivity contribution in [3.63, 3.8) is 0 Å². The van der Waals surface area contributed by atoms with Crippen molar-refractivity contribution in [2.24, 2.45) is 0 Å². The summed E-state index contributed by atoms with van der Waals surface area (Å²) < 4.78 is 43.5. The summed E-state index contributed by atoms with van der Waals surface area (Å²) in [6.45, 7) is 7.03. The fourth-order valence-electron chi connectivity index (χ4n) is 2.95. The number of sulfone groups is 1. The van der Waals surface area contributed by atoms with Crippen LogP contribution in [0, 0.1) is 5.82 Å². The van der Waals surface area contributed by atoms with Gasteiger partial charge in [0.1, 0.15) is 23.7 Å². The number of ether oxygens (including phenoxy) is 1. The number of aldehydes is 1. The molecule has 10 heteroatoms. The van der Waals surface area contributed by atoms with Gasteiger partial charge >= 0.3 is 6.09 Å². The van der Waals surface area contributed by atoms with Gasteiger partial charge in [-0.05, 0) is 57.0 Å². The minimum Gasteiger partial charge on any atom is -0.442 e. The topological polar surface area (TPSA) is 105 Å². The third-order valence-electron chi connectivity index (χ3n) is 4.55. The van der Waals surface area contributed by atoms with E-state index in [-0.39, 0.29) is 28.6 Å². The van der Waals surface area contributed by atoms with Crippen molar-refractivity contribution in [2.75, 3.05) is 17.0 Å². The van der Waals surface area contributed by atoms with E-state index in [0.717, 1.165) is 11.3 Å². The predicted octanol–water partition coefficient (Wildman–Crippen LogP) is 4.38. The summed E-state index contributed by atoms with van der Waals surface area (Å²) in [6.07, 6.45) is 1.21. The molecule has 0 heterocycles. The minimum atomic E-state index is -3.65. The Hall–Kier alpha value is -3.14. The smallest absolute Gasteiger partial charge is 0.429 e. The van der Waals surface area contributed by atoms with Gasteiger partial charge in [0.15, 0.2) is 9.84 Å². The lowest BCUT2D eigenvalue weighted by Gasteiger charge is -2.32. The molecule has 0 aliphatic carbocycles. The van der Waals surface area contributed by atoms with Gasteiger partial charge in [-0.25, -0.2) is 22.6 Å². The van der Waals surface area contributed by atoms with E-state index < -0.39 is 27.6 Å². The fraction of sp³-hybridized carbons (Fsp3) is 0.391. The van der Waals surface area contributed by atoms with Crippen molar-refractivity contribution in [3.8, 4) is 0 Å². The van der Waals surface area contributed by atoms with Crippen LogP contribution in [-0.2, 0) is 25.9 Å². The van der Waals surface area contributed by atoms with E-state index in [1.165, 1.54) is 24.3 Å². The SMILES string of the molecule is CC[C@@H](C=O)N(Nc1cccc(S(C)(=O)=O)c1NCc1ccc(F)cc1)C(=O)OC(C)(C)C. The normalized spacial score (nSPS) is 12.5. The first-order valence-corrected chi connectivity index (χ1v) is 12.3. The van der Waals surface area contributed by atoms with Crippen molar-refractivity contribution < 1.29 is 27.1 Å². The maximum Gasteiger partial charge on any atom is 0.429 e. The monoisotopic (exact) mass is 479 g/mol. The highest BCUT2D eigenvalue weighted by molar-refractivity contribution is 7.90. The second-order valence-electron chi connectivity index (χ2n) is 8.50. The van der Waals surface area contributed by atoms with Crippen LogP contribution in [0.5, 0.6) is 0 Å². The molecule has 0 bridgehead atoms. The highest BCUT2D eigenvalue weighted by atomic mass is 32.2. The molecule has 0 aliphatic heterocycles. The zero-order chi connectivity index (χ0) is 24.8. The number of carbonyl (C=O) groups excluding carboxylic acids is 2. The van der Waals surface area contributed by atoms with Crippen molar-refractivity contribution in [2.45, 2.75) is 57.2 Å². The number of halogens is 1. The molecular formula is C23H30FN3O5S. The van der Waals surface area contributed by atoms with Crippen LogP contribution in [0.1, 0.15) is 39.7 Å². The van der Waals surface area contributed by atoms with E-state index in [4.69, 9.17) is 4.74 Å². The van der Waals surface area contributed by atoms with E-state index >= 15 is 0 Å². The average Bonchev–Trinajstić information content (AvgIpc) is 2.71. The number of benzene rings is 2. The van der Waals surface area contributed by atoms with Gasteiger partial charge in [0.2, 0.25) is 0 Å². The van der Waals surface area contributed by atoms with Crippen LogP contribution in [0.3, 0.4) is 0 Å². The number of hydrogen-bond donors (Lipinski definition) is 2. The van der Waals surface area contributed by atoms with Crippen molar-refractivity contribution in [1.29, 1.82) is 0 Å². The Morgan fingerprint density at radius 2 is 1.82 bits per heavy atom. The van der Waals surface area contributed by atoms with Crippen LogP contribution >= 0.6 is 0 Å². The lowest BCUT2D eigenvalue weighted by atomic mass is 10.2. The van der Waals surface area contributed by atoms with Gasteiger partial charge in [0, 0.05) is 12.8 Å². The summed E-state index contributed by atoms with van der Waals surface area (Å²) in [5, 5.41) is 4.10. The van der Waals surface area contributed by atoms with Gasteiger partial charge in [0.05, 0.1) is 16.3 Å². The molecule has 1 amide bonds. The molecule has 0 saturated carbocycles. The standard InChI is InChI=1S/C23H30FN3O5S/c1-6-18(15-28)27(22(29)32-23(2,3)4)26-19-8-7-9-20(33(5,30)31)21(19)25-14-16-10-12-17(24)13-11-16/h7-13,15,18,25-26H,6,14H2,1-5H3/t18-/m0/s1. The predicted molar refractivity (Wildman–Crippen MR) is 125 cm³/mol. The maximum atomic E-state index is 13.2. The van der Waals surface area contributed by atoms with Crippen LogP contribution in [0.2, 0.25) is 0 Å². The third kappa shape index (κ3) is 7.45. The molecule has 0 fully saturated rings. The molecule has 0 aliphatic rings. The van der Waals surface area contributed by atoms with Gasteiger partial charge < -0.3 is 14.8 Å². The maximum absolute atomic E-state index is 13.2. The van der Waals surface area contributed by atoms with Crippen molar-refractivity contribution >= 4 is 33.6 Å². The molecule has 8 nitrogen and oxygen atoms in total. The Morgan fingerprint density at radius 3 is 2.33 bits per heavy atom. The van der Waals surface area contributed by atoms with Crippen molar-refractivity contribution in [1.82, 2.24) is 5.01 Å². The first-order chi connectivity index (χ1) is 15.4.